The van der Waals surface area contributed by atoms with Crippen molar-refractivity contribution in [1.29, 1.82) is 0 Å². The number of hydrogen-bond donors (Lipinski definition) is 1. The third-order valence-corrected chi connectivity index (χ3v) is 3.37. The minimum Gasteiger partial charge on any atom is -0.507 e. The van der Waals surface area contributed by atoms with Crippen LogP contribution in [-0.4, -0.2) is 26.2 Å². The highest BCUT2D eigenvalue weighted by Gasteiger charge is 2.22. The average molecular weight is 325 g/mol. The molecule has 0 fully saturated rings. The highest BCUT2D eigenvalue weighted by molar-refractivity contribution is 5.92. The summed E-state index contributed by atoms with van der Waals surface area (Å²) in [6, 6.07) is 8.26. The van der Waals surface area contributed by atoms with Crippen LogP contribution in [0.3, 0.4) is 0 Å². The summed E-state index contributed by atoms with van der Waals surface area (Å²) >= 11 is 0. The maximum Gasteiger partial charge on any atom is 0.342 e. The number of phenols is 1. The number of phenolic OH excluding ortho intramolecular Hbond substituents is 1. The third-order valence-electron chi connectivity index (χ3n) is 3.37. The fourth-order valence-corrected chi connectivity index (χ4v) is 2.10. The Kier molecular flexibility index (Phi) is 4.24. The molecule has 1 aromatic carbocycles. The van der Waals surface area contributed by atoms with E-state index in [1.807, 2.05) is 6.92 Å². The molecule has 3 rings (SSSR count). The van der Waals surface area contributed by atoms with Crippen molar-refractivity contribution >= 4 is 5.97 Å². The van der Waals surface area contributed by atoms with E-state index < -0.39 is 12.1 Å². The standard InChI is InChI=1S/C17H15N3O4/c1-10-5-6-14(21)13(8-10)17(22)23-11(2)16-19-15(20-24-16)12-4-3-7-18-9-12/h3-9,11,21H,1-2H3. The molecule has 0 amide bonds. The summed E-state index contributed by atoms with van der Waals surface area (Å²) in [6.45, 7) is 3.43. The number of hydrogen-bond acceptors (Lipinski definition) is 7. The molecule has 2 aromatic heterocycles. The molecule has 7 nitrogen and oxygen atoms in total. The summed E-state index contributed by atoms with van der Waals surface area (Å²) in [5, 5.41) is 13.6. The quantitative estimate of drug-likeness (QED) is 0.736. The molecule has 24 heavy (non-hydrogen) atoms. The fourth-order valence-electron chi connectivity index (χ4n) is 2.10. The van der Waals surface area contributed by atoms with Gasteiger partial charge in [-0.1, -0.05) is 16.8 Å². The summed E-state index contributed by atoms with van der Waals surface area (Å²) < 4.78 is 10.4. The Morgan fingerprint density at radius 2 is 2.17 bits per heavy atom. The first-order chi connectivity index (χ1) is 11.5. The van der Waals surface area contributed by atoms with Gasteiger partial charge in [-0.15, -0.1) is 0 Å². The summed E-state index contributed by atoms with van der Waals surface area (Å²) in [5.41, 5.74) is 1.63. The van der Waals surface area contributed by atoms with Gasteiger partial charge >= 0.3 is 5.97 Å². The summed E-state index contributed by atoms with van der Waals surface area (Å²) in [4.78, 5) is 20.4. The fraction of sp³-hybridized carbons (Fsp3) is 0.176. The Labute approximate surface area is 137 Å². The molecule has 0 aliphatic rings. The molecule has 0 saturated carbocycles. The van der Waals surface area contributed by atoms with Crippen LogP contribution in [-0.2, 0) is 4.74 Å². The monoisotopic (exact) mass is 325 g/mol. The van der Waals surface area contributed by atoms with Gasteiger partial charge in [0.05, 0.1) is 0 Å². The average Bonchev–Trinajstić information content (AvgIpc) is 3.08. The van der Waals surface area contributed by atoms with Crippen LogP contribution in [0.25, 0.3) is 11.4 Å². The molecule has 2 heterocycles. The summed E-state index contributed by atoms with van der Waals surface area (Å²) in [5.74, 6) is -0.280. The van der Waals surface area contributed by atoms with Crippen LogP contribution in [0.2, 0.25) is 0 Å². The van der Waals surface area contributed by atoms with E-state index in [1.165, 1.54) is 6.07 Å². The Morgan fingerprint density at radius 3 is 2.92 bits per heavy atom. The Bertz CT molecular complexity index is 861. The van der Waals surface area contributed by atoms with Gasteiger partial charge < -0.3 is 14.4 Å². The smallest absolute Gasteiger partial charge is 0.342 e. The first kappa shape index (κ1) is 15.7. The maximum absolute atomic E-state index is 12.2. The topological polar surface area (TPSA) is 98.3 Å². The van der Waals surface area contributed by atoms with E-state index in [1.54, 1.807) is 43.6 Å². The molecule has 0 spiro atoms. The Morgan fingerprint density at radius 1 is 1.33 bits per heavy atom. The van der Waals surface area contributed by atoms with Gasteiger partial charge in [0, 0.05) is 18.0 Å². The number of aryl methyl sites for hydroxylation is 1. The van der Waals surface area contributed by atoms with Gasteiger partial charge in [0.15, 0.2) is 6.10 Å². The van der Waals surface area contributed by atoms with Gasteiger partial charge in [-0.25, -0.2) is 4.79 Å². The van der Waals surface area contributed by atoms with Crippen LogP contribution < -0.4 is 0 Å². The number of pyridine rings is 1. The van der Waals surface area contributed by atoms with E-state index in [0.29, 0.717) is 11.4 Å². The van der Waals surface area contributed by atoms with E-state index in [-0.39, 0.29) is 17.2 Å². The molecule has 1 unspecified atom stereocenters. The molecule has 122 valence electrons. The van der Waals surface area contributed by atoms with Crippen molar-refractivity contribution in [2.75, 3.05) is 0 Å². The van der Waals surface area contributed by atoms with Gasteiger partial charge in [-0.05, 0) is 38.1 Å². The zero-order valence-electron chi connectivity index (χ0n) is 13.1. The van der Waals surface area contributed by atoms with Crippen molar-refractivity contribution in [1.82, 2.24) is 15.1 Å². The number of carbonyl (C=O) groups is 1. The Balaban J connectivity index is 1.75. The molecule has 1 N–H and O–H groups in total. The van der Waals surface area contributed by atoms with Gasteiger partial charge in [0.1, 0.15) is 11.3 Å². The minimum absolute atomic E-state index is 0.0915. The van der Waals surface area contributed by atoms with Crippen LogP contribution in [0, 0.1) is 6.92 Å². The van der Waals surface area contributed by atoms with Crippen LogP contribution in [0.1, 0.15) is 34.8 Å². The lowest BCUT2D eigenvalue weighted by molar-refractivity contribution is 0.0262. The van der Waals surface area contributed by atoms with Gasteiger partial charge in [0.25, 0.3) is 5.89 Å². The molecule has 1 atom stereocenters. The molecule has 0 aliphatic carbocycles. The Hall–Kier alpha value is -3.22. The van der Waals surface area contributed by atoms with Crippen molar-refractivity contribution in [3.05, 3.63) is 59.7 Å². The predicted octanol–water partition coefficient (Wildman–Crippen LogP) is 3.06. The number of benzene rings is 1. The predicted molar refractivity (Wildman–Crippen MR) is 84.2 cm³/mol. The number of aromatic hydroxyl groups is 1. The van der Waals surface area contributed by atoms with E-state index in [4.69, 9.17) is 9.26 Å². The van der Waals surface area contributed by atoms with Crippen LogP contribution >= 0.6 is 0 Å². The van der Waals surface area contributed by atoms with Crippen LogP contribution in [0.4, 0.5) is 0 Å². The molecule has 3 aromatic rings. The van der Waals surface area contributed by atoms with Gasteiger partial charge in [-0.3, -0.25) is 4.98 Å². The van der Waals surface area contributed by atoms with Gasteiger partial charge in [0.2, 0.25) is 5.82 Å². The van der Waals surface area contributed by atoms with Crippen molar-refractivity contribution in [2.24, 2.45) is 0 Å². The lowest BCUT2D eigenvalue weighted by Gasteiger charge is -2.10. The molecule has 0 saturated heterocycles. The van der Waals surface area contributed by atoms with Gasteiger partial charge in [-0.2, -0.15) is 4.98 Å². The molecule has 0 bridgehead atoms. The van der Waals surface area contributed by atoms with Crippen molar-refractivity contribution in [2.45, 2.75) is 20.0 Å². The molecular weight excluding hydrogens is 310 g/mol. The number of nitrogens with zero attached hydrogens (tertiary/aromatic N) is 3. The molecule has 0 aliphatic heterocycles. The van der Waals surface area contributed by atoms with Crippen molar-refractivity contribution in [3.63, 3.8) is 0 Å². The van der Waals surface area contributed by atoms with E-state index in [9.17, 15) is 9.90 Å². The zero-order chi connectivity index (χ0) is 17.1. The first-order valence-corrected chi connectivity index (χ1v) is 7.29. The van der Waals surface area contributed by atoms with Crippen molar-refractivity contribution < 1.29 is 19.2 Å². The van der Waals surface area contributed by atoms with Crippen LogP contribution in [0.5, 0.6) is 5.75 Å². The number of carbonyl (C=O) groups excluding carboxylic acids is 1. The van der Waals surface area contributed by atoms with Crippen LogP contribution in [0.15, 0.2) is 47.2 Å². The highest BCUT2D eigenvalue weighted by atomic mass is 16.6. The second-order valence-corrected chi connectivity index (χ2v) is 5.27. The number of rotatable bonds is 4. The zero-order valence-corrected chi connectivity index (χ0v) is 13.1. The maximum atomic E-state index is 12.2. The van der Waals surface area contributed by atoms with E-state index in [0.717, 1.165) is 5.56 Å². The van der Waals surface area contributed by atoms with E-state index in [2.05, 4.69) is 15.1 Å². The second-order valence-electron chi connectivity index (χ2n) is 5.27. The first-order valence-electron chi connectivity index (χ1n) is 7.29. The van der Waals surface area contributed by atoms with E-state index >= 15 is 0 Å². The molecule has 7 heteroatoms. The SMILES string of the molecule is Cc1ccc(O)c(C(=O)OC(C)c2nc(-c3cccnc3)no2)c1. The number of ether oxygens (including phenoxy) is 1. The lowest BCUT2D eigenvalue weighted by Crippen LogP contribution is -2.10. The highest BCUT2D eigenvalue weighted by Crippen LogP contribution is 2.24. The van der Waals surface area contributed by atoms with Crippen molar-refractivity contribution in [3.8, 4) is 17.1 Å². The largest absolute Gasteiger partial charge is 0.507 e. The number of esters is 1. The lowest BCUT2D eigenvalue weighted by atomic mass is 10.1. The second kappa shape index (κ2) is 6.49. The molecule has 0 radical (unpaired) electrons. The summed E-state index contributed by atoms with van der Waals surface area (Å²) in [6.07, 6.45) is 2.49. The normalized spacial score (nSPS) is 11.9. The number of aromatic nitrogens is 3. The molecular formula is C17H15N3O4. The summed E-state index contributed by atoms with van der Waals surface area (Å²) in [7, 11) is 0. The minimum atomic E-state index is -0.754. The third kappa shape index (κ3) is 3.24.